The Labute approximate surface area is 117 Å². The predicted molar refractivity (Wildman–Crippen MR) is 74.7 cm³/mol. The van der Waals surface area contributed by atoms with E-state index in [0.29, 0.717) is 10.7 Å². The molecule has 1 fully saturated rings. The maximum atomic E-state index is 12.0. The number of halogens is 1. The molecule has 5 nitrogen and oxygen atoms in total. The van der Waals surface area contributed by atoms with Gasteiger partial charge in [0.05, 0.1) is 12.2 Å². The number of amides is 1. The molecular weight excluding hydrogens is 288 g/mol. The Hall–Kier alpha value is -1.11. The number of sulfonamides is 1. The second-order valence-electron chi connectivity index (χ2n) is 4.68. The zero-order chi connectivity index (χ0) is 14.2. The Morgan fingerprint density at radius 3 is 2.63 bits per heavy atom. The average Bonchev–Trinajstić information content (AvgIpc) is 2.20. The van der Waals surface area contributed by atoms with Crippen LogP contribution in [0.4, 0.5) is 5.69 Å². The van der Waals surface area contributed by atoms with Crippen molar-refractivity contribution in [2.75, 3.05) is 24.7 Å². The van der Waals surface area contributed by atoms with E-state index in [9.17, 15) is 13.2 Å². The van der Waals surface area contributed by atoms with Crippen molar-refractivity contribution >= 4 is 33.2 Å². The van der Waals surface area contributed by atoms with Crippen molar-refractivity contribution in [1.82, 2.24) is 4.31 Å². The van der Waals surface area contributed by atoms with Gasteiger partial charge < -0.3 is 5.32 Å². The van der Waals surface area contributed by atoms with Crippen molar-refractivity contribution in [1.29, 1.82) is 0 Å². The number of hydrogen-bond donors (Lipinski definition) is 1. The molecule has 7 heteroatoms. The summed E-state index contributed by atoms with van der Waals surface area (Å²) in [7, 11) is -3.19. The lowest BCUT2D eigenvalue weighted by Gasteiger charge is -2.36. The third-order valence-corrected chi connectivity index (χ3v) is 4.86. The quantitative estimate of drug-likeness (QED) is 0.919. The van der Waals surface area contributed by atoms with Crippen molar-refractivity contribution in [2.45, 2.75) is 6.92 Å². The lowest BCUT2D eigenvalue weighted by molar-refractivity contribution is -0.122. The summed E-state index contributed by atoms with van der Waals surface area (Å²) in [5.74, 6) is -0.474. The maximum absolute atomic E-state index is 12.0. The molecule has 1 aliphatic heterocycles. The van der Waals surface area contributed by atoms with Gasteiger partial charge in [-0.25, -0.2) is 12.7 Å². The van der Waals surface area contributed by atoms with Crippen LogP contribution >= 0.6 is 11.6 Å². The van der Waals surface area contributed by atoms with Crippen LogP contribution in [-0.2, 0) is 14.8 Å². The van der Waals surface area contributed by atoms with Gasteiger partial charge >= 0.3 is 0 Å². The molecule has 0 atom stereocenters. The Morgan fingerprint density at radius 2 is 2.05 bits per heavy atom. The number of carbonyl (C=O) groups excluding carboxylic acids is 1. The molecule has 19 heavy (non-hydrogen) atoms. The number of benzene rings is 1. The van der Waals surface area contributed by atoms with Gasteiger partial charge in [0, 0.05) is 23.8 Å². The van der Waals surface area contributed by atoms with Gasteiger partial charge in [0.2, 0.25) is 15.9 Å². The number of hydrogen-bond acceptors (Lipinski definition) is 3. The molecular formula is C12H15ClN2O3S. The highest BCUT2D eigenvalue weighted by Gasteiger charge is 2.37. The average molecular weight is 303 g/mol. The van der Waals surface area contributed by atoms with Crippen LogP contribution in [0.5, 0.6) is 0 Å². The summed E-state index contributed by atoms with van der Waals surface area (Å²) >= 11 is 5.97. The lowest BCUT2D eigenvalue weighted by Crippen LogP contribution is -2.53. The molecule has 0 spiro atoms. The number of carbonyl (C=O) groups is 1. The molecule has 104 valence electrons. The number of anilines is 1. The van der Waals surface area contributed by atoms with E-state index in [2.05, 4.69) is 5.32 Å². The Balaban J connectivity index is 1.99. The molecule has 1 aliphatic rings. The zero-order valence-corrected chi connectivity index (χ0v) is 12.3. The highest BCUT2D eigenvalue weighted by atomic mass is 35.5. The molecule has 0 bridgehead atoms. The van der Waals surface area contributed by atoms with E-state index in [-0.39, 0.29) is 24.9 Å². The second kappa shape index (κ2) is 5.11. The number of nitrogens with one attached hydrogen (secondary N) is 1. The first-order valence-electron chi connectivity index (χ1n) is 5.80. The fraction of sp³-hybridized carbons (Fsp3) is 0.417. The van der Waals surface area contributed by atoms with Gasteiger partial charge in [-0.05, 0) is 24.6 Å². The first-order valence-corrected chi connectivity index (χ1v) is 8.03. The molecule has 1 aromatic carbocycles. The van der Waals surface area contributed by atoms with E-state index in [1.807, 2.05) is 6.92 Å². The molecule has 1 heterocycles. The van der Waals surface area contributed by atoms with Gasteiger partial charge in [0.1, 0.15) is 0 Å². The normalized spacial score (nSPS) is 17.0. The van der Waals surface area contributed by atoms with Crippen LogP contribution in [0.1, 0.15) is 5.56 Å². The molecule has 0 aromatic heterocycles. The summed E-state index contributed by atoms with van der Waals surface area (Å²) in [4.78, 5) is 12.0. The van der Waals surface area contributed by atoms with Crippen LogP contribution in [0.15, 0.2) is 18.2 Å². The molecule has 1 aromatic rings. The van der Waals surface area contributed by atoms with Crippen molar-refractivity contribution < 1.29 is 13.2 Å². The van der Waals surface area contributed by atoms with E-state index in [0.717, 1.165) is 11.8 Å². The summed E-state index contributed by atoms with van der Waals surface area (Å²) in [5, 5.41) is 3.37. The molecule has 0 unspecified atom stereocenters. The molecule has 0 saturated carbocycles. The maximum Gasteiger partial charge on any atom is 0.230 e. The van der Waals surface area contributed by atoms with Crippen molar-refractivity contribution in [3.8, 4) is 0 Å². The minimum Gasteiger partial charge on any atom is -0.325 e. The van der Waals surface area contributed by atoms with Crippen molar-refractivity contribution in [3.63, 3.8) is 0 Å². The molecule has 1 saturated heterocycles. The van der Waals surface area contributed by atoms with E-state index in [1.54, 1.807) is 18.2 Å². The van der Waals surface area contributed by atoms with Gasteiger partial charge in [-0.1, -0.05) is 17.7 Å². The molecule has 0 aliphatic carbocycles. The highest BCUT2D eigenvalue weighted by Crippen LogP contribution is 2.25. The Morgan fingerprint density at radius 1 is 1.42 bits per heavy atom. The molecule has 2 rings (SSSR count). The summed E-state index contributed by atoms with van der Waals surface area (Å²) in [5.41, 5.74) is 1.46. The van der Waals surface area contributed by atoms with Crippen LogP contribution in [0.2, 0.25) is 5.02 Å². The minimum atomic E-state index is -3.19. The van der Waals surface area contributed by atoms with Crippen LogP contribution < -0.4 is 5.32 Å². The third kappa shape index (κ3) is 3.08. The second-order valence-corrected chi connectivity index (χ2v) is 7.07. The first-order chi connectivity index (χ1) is 8.79. The van der Waals surface area contributed by atoms with Crippen molar-refractivity contribution in [3.05, 3.63) is 28.8 Å². The van der Waals surface area contributed by atoms with Crippen LogP contribution in [-0.4, -0.2) is 38.0 Å². The third-order valence-electron chi connectivity index (χ3n) is 3.21. The summed E-state index contributed by atoms with van der Waals surface area (Å²) in [6.07, 6.45) is 1.14. The SMILES string of the molecule is Cc1c(Cl)cccc1NC(=O)C1CN(S(C)(=O)=O)C1. The van der Waals surface area contributed by atoms with Gasteiger partial charge in [-0.2, -0.15) is 0 Å². The zero-order valence-electron chi connectivity index (χ0n) is 10.7. The summed E-state index contributed by atoms with van der Waals surface area (Å²) < 4.78 is 23.7. The van der Waals surface area contributed by atoms with Crippen LogP contribution in [0.25, 0.3) is 0 Å². The smallest absolute Gasteiger partial charge is 0.230 e. The van der Waals surface area contributed by atoms with E-state index >= 15 is 0 Å². The molecule has 1 amide bonds. The van der Waals surface area contributed by atoms with Crippen molar-refractivity contribution in [2.24, 2.45) is 5.92 Å². The van der Waals surface area contributed by atoms with Crippen LogP contribution in [0, 0.1) is 12.8 Å². The fourth-order valence-electron chi connectivity index (χ4n) is 1.85. The number of rotatable bonds is 3. The standard InChI is InChI=1S/C12H15ClN2O3S/c1-8-10(13)4-3-5-11(8)14-12(16)9-6-15(7-9)19(2,17)18/h3-5,9H,6-7H2,1-2H3,(H,14,16). The van der Waals surface area contributed by atoms with Gasteiger partial charge in [0.15, 0.2) is 0 Å². The minimum absolute atomic E-state index is 0.176. The van der Waals surface area contributed by atoms with E-state index < -0.39 is 10.0 Å². The van der Waals surface area contributed by atoms with E-state index in [4.69, 9.17) is 11.6 Å². The Bertz CT molecular complexity index is 609. The number of nitrogens with zero attached hydrogens (tertiary/aromatic N) is 1. The topological polar surface area (TPSA) is 66.5 Å². The Kier molecular flexibility index (Phi) is 3.85. The summed E-state index contributed by atoms with van der Waals surface area (Å²) in [6, 6.07) is 5.28. The van der Waals surface area contributed by atoms with E-state index in [1.165, 1.54) is 4.31 Å². The lowest BCUT2D eigenvalue weighted by atomic mass is 10.0. The van der Waals surface area contributed by atoms with Gasteiger partial charge in [-0.15, -0.1) is 0 Å². The first kappa shape index (κ1) is 14.3. The van der Waals surface area contributed by atoms with Gasteiger partial charge in [0.25, 0.3) is 0 Å². The monoisotopic (exact) mass is 302 g/mol. The largest absolute Gasteiger partial charge is 0.325 e. The predicted octanol–water partition coefficient (Wildman–Crippen LogP) is 1.48. The summed E-state index contributed by atoms with van der Waals surface area (Å²) in [6.45, 7) is 2.30. The van der Waals surface area contributed by atoms with Gasteiger partial charge in [-0.3, -0.25) is 4.79 Å². The van der Waals surface area contributed by atoms with Crippen LogP contribution in [0.3, 0.4) is 0 Å². The highest BCUT2D eigenvalue weighted by molar-refractivity contribution is 7.88. The molecule has 0 radical (unpaired) electrons. The fourth-order valence-corrected chi connectivity index (χ4v) is 2.93. The molecule has 1 N–H and O–H groups in total.